The summed E-state index contributed by atoms with van der Waals surface area (Å²) >= 11 is 0. The lowest BCUT2D eigenvalue weighted by atomic mass is 9.82. The van der Waals surface area contributed by atoms with E-state index in [4.69, 9.17) is 0 Å². The number of carbonyl (C=O) groups excluding carboxylic acids is 1. The van der Waals surface area contributed by atoms with Crippen LogP contribution in [0.4, 0.5) is 11.4 Å². The summed E-state index contributed by atoms with van der Waals surface area (Å²) in [5, 5.41) is 2.52. The van der Waals surface area contributed by atoms with Crippen LogP contribution in [0.25, 0.3) is 16.8 Å². The molecule has 0 amide bonds. The summed E-state index contributed by atoms with van der Waals surface area (Å²) in [7, 11) is -4.34. The van der Waals surface area contributed by atoms with Crippen molar-refractivity contribution in [3.8, 4) is 0 Å². The van der Waals surface area contributed by atoms with Crippen LogP contribution in [0, 0.1) is 5.41 Å². The van der Waals surface area contributed by atoms with E-state index >= 15 is 0 Å². The molecule has 6 nitrogen and oxygen atoms in total. The number of anilines is 2. The molecule has 0 unspecified atom stereocenters. The Hall–Kier alpha value is -3.68. The van der Waals surface area contributed by atoms with Gasteiger partial charge < -0.3 is 9.80 Å². The van der Waals surface area contributed by atoms with Crippen molar-refractivity contribution in [3.05, 3.63) is 95.2 Å². The van der Waals surface area contributed by atoms with Gasteiger partial charge in [0.1, 0.15) is 5.78 Å². The van der Waals surface area contributed by atoms with Gasteiger partial charge >= 0.3 is 0 Å². The molecule has 3 aromatic carbocycles. The van der Waals surface area contributed by atoms with Gasteiger partial charge in [-0.25, -0.2) is 0 Å². The number of nitrogens with zero attached hydrogens (tertiary/aromatic N) is 2. The molecule has 0 aromatic heterocycles. The second-order valence-corrected chi connectivity index (χ2v) is 17.5. The number of rotatable bonds is 13. The quantitative estimate of drug-likeness (QED) is 0.109. The van der Waals surface area contributed by atoms with Gasteiger partial charge in [0.05, 0.1) is 4.90 Å². The lowest BCUT2D eigenvalue weighted by molar-refractivity contribution is -0.126. The summed E-state index contributed by atoms with van der Waals surface area (Å²) in [5.41, 5.74) is 5.74. The molecule has 50 heavy (non-hydrogen) atoms. The third-order valence-electron chi connectivity index (χ3n) is 9.94. The van der Waals surface area contributed by atoms with E-state index in [1.165, 1.54) is 28.1 Å². The van der Waals surface area contributed by atoms with Crippen molar-refractivity contribution in [2.45, 2.75) is 111 Å². The summed E-state index contributed by atoms with van der Waals surface area (Å²) in [5.74, 6) is 0.282. The fourth-order valence-corrected chi connectivity index (χ4v) is 7.43. The molecule has 0 atom stereocenters. The number of Topliss-reactive ketones (excluding diaryl/α,β-unsaturated/α-hetero) is 1. The smallest absolute Gasteiger partial charge is 0.294 e. The fraction of sp³-hybridized carbons (Fsp3) is 0.465. The molecule has 1 N–H and O–H groups in total. The van der Waals surface area contributed by atoms with Crippen LogP contribution in [0.2, 0.25) is 0 Å². The minimum Gasteiger partial charge on any atom is -0.372 e. The Kier molecular flexibility index (Phi) is 12.0. The van der Waals surface area contributed by atoms with Crippen molar-refractivity contribution in [3.63, 3.8) is 0 Å². The van der Waals surface area contributed by atoms with Crippen LogP contribution in [0.3, 0.4) is 0 Å². The highest BCUT2D eigenvalue weighted by atomic mass is 32.2. The average Bonchev–Trinajstić information content (AvgIpc) is 3.24. The Morgan fingerprint density at radius 1 is 0.880 bits per heavy atom. The Balaban J connectivity index is 1.62. The molecular weight excluding hydrogens is 641 g/mol. The topological polar surface area (TPSA) is 77.9 Å². The van der Waals surface area contributed by atoms with Crippen LogP contribution in [-0.2, 0) is 25.7 Å². The Morgan fingerprint density at radius 2 is 1.58 bits per heavy atom. The molecule has 4 rings (SSSR count). The van der Waals surface area contributed by atoms with Crippen molar-refractivity contribution in [2.75, 3.05) is 29.4 Å². The van der Waals surface area contributed by atoms with E-state index in [-0.39, 0.29) is 21.5 Å². The van der Waals surface area contributed by atoms with E-state index in [2.05, 4.69) is 107 Å². The van der Waals surface area contributed by atoms with Crippen LogP contribution in [0.15, 0.2) is 83.4 Å². The Bertz CT molecular complexity index is 1900. The van der Waals surface area contributed by atoms with Crippen LogP contribution >= 0.6 is 0 Å². The maximum absolute atomic E-state index is 12.4. The number of hydrogen-bond acceptors (Lipinski definition) is 5. The van der Waals surface area contributed by atoms with Crippen molar-refractivity contribution >= 4 is 44.1 Å². The van der Waals surface area contributed by atoms with E-state index in [1.54, 1.807) is 12.1 Å². The number of fused-ring (bicyclic) bond motifs is 2. The van der Waals surface area contributed by atoms with E-state index in [0.717, 1.165) is 61.4 Å². The molecule has 1 heterocycles. The van der Waals surface area contributed by atoms with Crippen LogP contribution < -0.4 is 9.80 Å². The van der Waals surface area contributed by atoms with Crippen LogP contribution in [0.5, 0.6) is 0 Å². The maximum Gasteiger partial charge on any atom is 0.294 e. The fourth-order valence-electron chi connectivity index (χ4n) is 6.92. The standard InChI is InChI=1S/C43H58N2O4S/c1-11-44(12-2)33-22-24-35-32(29-33)27-31(28-36(35)41(3,4)5)19-15-13-16-20-39-43(9,10)37-30-34(50(47,48)49)23-25-38(37)45(39)26-18-14-17-21-40(46)42(6,7)8/h13,15-16,19-20,22-25,27-30H,11-12,14,17-18,21,26H2,1-10H3,(H,47,48,49)/b16-13+,19-15+,39-20+. The van der Waals surface area contributed by atoms with Crippen LogP contribution in [0.1, 0.15) is 112 Å². The molecule has 3 aromatic rings. The molecule has 1 aliphatic heterocycles. The van der Waals surface area contributed by atoms with E-state index < -0.39 is 15.5 Å². The third kappa shape index (κ3) is 8.96. The van der Waals surface area contributed by atoms with Gasteiger partial charge in [0, 0.05) is 54.0 Å². The SMILES string of the molecule is CCN(CC)c1ccc2c(C(C)(C)C)cc(/C=C/C=C/C=C3/N(CCCCCC(=O)C(C)(C)C)c4ccc(S(=O)(=O)O)cc4C3(C)C)cc2c1. The van der Waals surface area contributed by atoms with Gasteiger partial charge in [-0.2, -0.15) is 8.42 Å². The summed E-state index contributed by atoms with van der Waals surface area (Å²) in [6.07, 6.45) is 13.6. The summed E-state index contributed by atoms with van der Waals surface area (Å²) in [4.78, 5) is 17.0. The minimum absolute atomic E-state index is 0.0110. The van der Waals surface area contributed by atoms with Gasteiger partial charge in [0.15, 0.2) is 0 Å². The number of benzene rings is 3. The second kappa shape index (κ2) is 15.3. The molecule has 0 fully saturated rings. The normalized spacial score (nSPS) is 15.9. The average molecular weight is 699 g/mol. The van der Waals surface area contributed by atoms with Crippen molar-refractivity contribution in [1.82, 2.24) is 0 Å². The first-order chi connectivity index (χ1) is 23.3. The maximum atomic E-state index is 12.4. The van der Waals surface area contributed by atoms with Gasteiger partial charge in [-0.1, -0.05) is 98.2 Å². The first kappa shape index (κ1) is 39.1. The molecule has 270 valence electrons. The lowest BCUT2D eigenvalue weighted by Crippen LogP contribution is -2.27. The second-order valence-electron chi connectivity index (χ2n) is 16.1. The highest BCUT2D eigenvalue weighted by molar-refractivity contribution is 7.85. The largest absolute Gasteiger partial charge is 0.372 e. The molecule has 0 bridgehead atoms. The van der Waals surface area contributed by atoms with Gasteiger partial charge in [-0.05, 0) is 102 Å². The van der Waals surface area contributed by atoms with Gasteiger partial charge in [0.25, 0.3) is 10.1 Å². The summed E-state index contributed by atoms with van der Waals surface area (Å²) in [6.45, 7) is 23.9. The zero-order chi connectivity index (χ0) is 37.1. The predicted octanol–water partition coefficient (Wildman–Crippen LogP) is 10.7. The number of ketones is 1. The minimum atomic E-state index is -4.34. The van der Waals surface area contributed by atoms with E-state index in [1.807, 2.05) is 32.9 Å². The van der Waals surface area contributed by atoms with Gasteiger partial charge in [0.2, 0.25) is 0 Å². The summed E-state index contributed by atoms with van der Waals surface area (Å²) in [6, 6.07) is 16.2. The third-order valence-corrected chi connectivity index (χ3v) is 10.8. The molecule has 0 saturated carbocycles. The van der Waals surface area contributed by atoms with E-state index in [9.17, 15) is 17.8 Å². The molecule has 0 saturated heterocycles. The first-order valence-corrected chi connectivity index (χ1v) is 19.5. The van der Waals surface area contributed by atoms with Gasteiger partial charge in [-0.15, -0.1) is 0 Å². The van der Waals surface area contributed by atoms with Gasteiger partial charge in [-0.3, -0.25) is 9.35 Å². The Labute approximate surface area is 301 Å². The summed E-state index contributed by atoms with van der Waals surface area (Å²) < 4.78 is 33.9. The van der Waals surface area contributed by atoms with Crippen molar-refractivity contribution < 1.29 is 17.8 Å². The first-order valence-electron chi connectivity index (χ1n) is 18.1. The number of allylic oxidation sites excluding steroid dienone is 5. The lowest BCUT2D eigenvalue weighted by Gasteiger charge is -2.27. The van der Waals surface area contributed by atoms with Crippen molar-refractivity contribution in [2.24, 2.45) is 5.41 Å². The zero-order valence-electron chi connectivity index (χ0n) is 31.9. The number of hydrogen-bond donors (Lipinski definition) is 1. The number of carbonyl (C=O) groups is 1. The van der Waals surface area contributed by atoms with Crippen molar-refractivity contribution in [1.29, 1.82) is 0 Å². The molecular formula is C43H58N2O4S. The molecule has 0 aliphatic carbocycles. The Morgan fingerprint density at radius 3 is 2.20 bits per heavy atom. The highest BCUT2D eigenvalue weighted by Crippen LogP contribution is 2.48. The van der Waals surface area contributed by atoms with E-state index in [0.29, 0.717) is 6.42 Å². The monoisotopic (exact) mass is 698 g/mol. The molecule has 7 heteroatoms. The molecule has 1 aliphatic rings. The zero-order valence-corrected chi connectivity index (χ0v) is 32.7. The number of unbranched alkanes of at least 4 members (excludes halogenated alkanes) is 2. The van der Waals surface area contributed by atoms with Crippen LogP contribution in [-0.4, -0.2) is 38.4 Å². The highest BCUT2D eigenvalue weighted by Gasteiger charge is 2.40. The molecule has 0 spiro atoms. The molecule has 0 radical (unpaired) electrons. The predicted molar refractivity (Wildman–Crippen MR) is 212 cm³/mol.